The van der Waals surface area contributed by atoms with Gasteiger partial charge in [0.25, 0.3) is 5.91 Å². The van der Waals surface area contributed by atoms with Crippen LogP contribution in [0.3, 0.4) is 0 Å². The van der Waals surface area contributed by atoms with Gasteiger partial charge in [-0.1, -0.05) is 30.3 Å². The smallest absolute Gasteiger partial charge is 0.255 e. The van der Waals surface area contributed by atoms with E-state index in [0.717, 1.165) is 16.5 Å². The number of hydrogen-bond acceptors (Lipinski definition) is 5. The molecule has 1 aliphatic rings. The lowest BCUT2D eigenvalue weighted by atomic mass is 9.98. The molecule has 2 heterocycles. The highest BCUT2D eigenvalue weighted by molar-refractivity contribution is 6.00. The number of aliphatic hydroxyl groups is 1. The Morgan fingerprint density at radius 3 is 2.69 bits per heavy atom. The molecule has 0 saturated carbocycles. The maximum atomic E-state index is 13.4. The molecule has 0 saturated heterocycles. The topological polar surface area (TPSA) is 127 Å². The molecule has 2 amide bonds. The number of nitrogens with two attached hydrogens (primary N) is 1. The summed E-state index contributed by atoms with van der Waals surface area (Å²) in [6.07, 6.45) is 2.34. The number of ether oxygens (including phenoxy) is 2. The van der Waals surface area contributed by atoms with Crippen molar-refractivity contribution in [1.29, 1.82) is 0 Å². The van der Waals surface area contributed by atoms with Crippen molar-refractivity contribution in [2.45, 2.75) is 12.5 Å². The van der Waals surface area contributed by atoms with E-state index in [1.807, 2.05) is 36.5 Å². The predicted octanol–water partition coefficient (Wildman–Crippen LogP) is 3.04. The van der Waals surface area contributed by atoms with Crippen molar-refractivity contribution in [3.05, 3.63) is 83.6 Å². The van der Waals surface area contributed by atoms with E-state index in [-0.39, 0.29) is 6.61 Å². The van der Waals surface area contributed by atoms with Gasteiger partial charge in [0.1, 0.15) is 13.2 Å². The summed E-state index contributed by atoms with van der Waals surface area (Å²) >= 11 is 0. The molecule has 35 heavy (non-hydrogen) atoms. The number of benzene rings is 3. The van der Waals surface area contributed by atoms with E-state index in [2.05, 4.69) is 10.3 Å². The minimum atomic E-state index is -0.537. The van der Waals surface area contributed by atoms with Crippen molar-refractivity contribution in [2.75, 3.05) is 19.8 Å². The summed E-state index contributed by atoms with van der Waals surface area (Å²) < 4.78 is 11.5. The number of fused-ring (bicyclic) bond motifs is 2. The van der Waals surface area contributed by atoms with Gasteiger partial charge in [0, 0.05) is 22.7 Å². The summed E-state index contributed by atoms with van der Waals surface area (Å²) in [5.74, 6) is -0.128. The average molecular weight is 472 g/mol. The number of aromatic amines is 1. The lowest BCUT2D eigenvalue weighted by molar-refractivity contribution is 0.0905. The first-order valence-electron chi connectivity index (χ1n) is 11.3. The van der Waals surface area contributed by atoms with Crippen LogP contribution >= 0.6 is 0 Å². The molecule has 8 nitrogen and oxygen atoms in total. The fourth-order valence-corrected chi connectivity index (χ4v) is 4.33. The SMILES string of the molecule is NC(=O)c1cccc(-c2cc3c(c(C(=O)N[C@@H](CO)Cc4c[nH]c5ccccc45)c2)OCCO3)c1. The quantitative estimate of drug-likeness (QED) is 0.330. The minimum absolute atomic E-state index is 0.231. The summed E-state index contributed by atoms with van der Waals surface area (Å²) in [6, 6.07) is 17.7. The van der Waals surface area contributed by atoms with Gasteiger partial charge in [-0.3, -0.25) is 9.59 Å². The molecule has 0 aliphatic carbocycles. The molecule has 0 spiro atoms. The maximum absolute atomic E-state index is 13.4. The molecular formula is C27H25N3O5. The van der Waals surface area contributed by atoms with Gasteiger partial charge in [-0.25, -0.2) is 0 Å². The predicted molar refractivity (Wildman–Crippen MR) is 132 cm³/mol. The van der Waals surface area contributed by atoms with E-state index in [0.29, 0.717) is 53.4 Å². The molecule has 5 rings (SSSR count). The molecule has 178 valence electrons. The molecule has 0 unspecified atom stereocenters. The number of para-hydroxylation sites is 1. The van der Waals surface area contributed by atoms with E-state index in [4.69, 9.17) is 15.2 Å². The van der Waals surface area contributed by atoms with Crippen molar-refractivity contribution in [1.82, 2.24) is 10.3 Å². The van der Waals surface area contributed by atoms with Crippen LogP contribution in [0.1, 0.15) is 26.3 Å². The molecule has 1 aliphatic heterocycles. The van der Waals surface area contributed by atoms with Gasteiger partial charge in [0.2, 0.25) is 5.91 Å². The number of carbonyl (C=O) groups excluding carboxylic acids is 2. The van der Waals surface area contributed by atoms with Crippen LogP contribution in [-0.4, -0.2) is 47.8 Å². The van der Waals surface area contributed by atoms with Crippen LogP contribution in [0.15, 0.2) is 66.9 Å². The lowest BCUT2D eigenvalue weighted by Crippen LogP contribution is -2.39. The van der Waals surface area contributed by atoms with Gasteiger partial charge in [0.05, 0.1) is 18.2 Å². The average Bonchev–Trinajstić information content (AvgIpc) is 3.30. The summed E-state index contributed by atoms with van der Waals surface area (Å²) in [5.41, 5.74) is 9.48. The Hall–Kier alpha value is -4.30. The molecule has 4 aromatic rings. The largest absolute Gasteiger partial charge is 0.486 e. The number of H-pyrrole nitrogens is 1. The van der Waals surface area contributed by atoms with Gasteiger partial charge in [-0.05, 0) is 53.4 Å². The third-order valence-corrected chi connectivity index (χ3v) is 6.06. The van der Waals surface area contributed by atoms with Crippen molar-refractivity contribution in [3.8, 4) is 22.6 Å². The number of amides is 2. The fourth-order valence-electron chi connectivity index (χ4n) is 4.33. The van der Waals surface area contributed by atoms with Gasteiger partial charge in [-0.15, -0.1) is 0 Å². The summed E-state index contributed by atoms with van der Waals surface area (Å²) in [6.45, 7) is 0.451. The van der Waals surface area contributed by atoms with Crippen LogP contribution in [0.25, 0.3) is 22.0 Å². The van der Waals surface area contributed by atoms with Crippen LogP contribution < -0.4 is 20.5 Å². The standard InChI is InChI=1S/C27H25N3O5/c28-26(32)17-5-3-4-16(10-17)18-12-22(25-24(13-18)34-8-9-35-25)27(33)30-20(15-31)11-19-14-29-23-7-2-1-6-21(19)23/h1-7,10,12-14,20,29,31H,8-9,11,15H2,(H2,28,32)(H,30,33)/t20-/m1/s1. The zero-order chi connectivity index (χ0) is 24.4. The second kappa shape index (κ2) is 9.52. The maximum Gasteiger partial charge on any atom is 0.255 e. The van der Waals surface area contributed by atoms with E-state index < -0.39 is 17.9 Å². The molecule has 0 bridgehead atoms. The second-order valence-corrected chi connectivity index (χ2v) is 8.41. The van der Waals surface area contributed by atoms with E-state index in [1.165, 1.54) is 0 Å². The van der Waals surface area contributed by atoms with Crippen LogP contribution in [0.4, 0.5) is 0 Å². The molecule has 1 aromatic heterocycles. The highest BCUT2D eigenvalue weighted by Gasteiger charge is 2.25. The van der Waals surface area contributed by atoms with Crippen molar-refractivity contribution >= 4 is 22.7 Å². The number of nitrogens with one attached hydrogen (secondary N) is 2. The molecule has 0 radical (unpaired) electrons. The first-order valence-corrected chi connectivity index (χ1v) is 11.3. The van der Waals surface area contributed by atoms with E-state index in [9.17, 15) is 14.7 Å². The Morgan fingerprint density at radius 1 is 1.03 bits per heavy atom. The van der Waals surface area contributed by atoms with Gasteiger partial charge < -0.3 is 30.6 Å². The second-order valence-electron chi connectivity index (χ2n) is 8.41. The summed E-state index contributed by atoms with van der Waals surface area (Å²) in [4.78, 5) is 28.3. The van der Waals surface area contributed by atoms with Crippen LogP contribution in [0.5, 0.6) is 11.5 Å². The minimum Gasteiger partial charge on any atom is -0.486 e. The molecule has 0 fully saturated rings. The Morgan fingerprint density at radius 2 is 1.86 bits per heavy atom. The molecule has 5 N–H and O–H groups in total. The van der Waals surface area contributed by atoms with Crippen molar-refractivity contribution in [2.24, 2.45) is 5.73 Å². The number of aliphatic hydroxyl groups excluding tert-OH is 1. The Labute approximate surface area is 201 Å². The van der Waals surface area contributed by atoms with E-state index >= 15 is 0 Å². The monoisotopic (exact) mass is 471 g/mol. The summed E-state index contributed by atoms with van der Waals surface area (Å²) in [7, 11) is 0. The first-order chi connectivity index (χ1) is 17.0. The normalized spacial score (nSPS) is 13.4. The Bertz CT molecular complexity index is 1410. The lowest BCUT2D eigenvalue weighted by Gasteiger charge is -2.23. The van der Waals surface area contributed by atoms with Gasteiger partial charge in [-0.2, -0.15) is 0 Å². The van der Waals surface area contributed by atoms with Crippen LogP contribution in [0.2, 0.25) is 0 Å². The third-order valence-electron chi connectivity index (χ3n) is 6.06. The van der Waals surface area contributed by atoms with Crippen LogP contribution in [0, 0.1) is 0 Å². The number of hydrogen-bond donors (Lipinski definition) is 4. The zero-order valence-electron chi connectivity index (χ0n) is 18.9. The number of primary amides is 1. The van der Waals surface area contributed by atoms with Crippen molar-refractivity contribution in [3.63, 3.8) is 0 Å². The van der Waals surface area contributed by atoms with Crippen LogP contribution in [-0.2, 0) is 6.42 Å². The van der Waals surface area contributed by atoms with Gasteiger partial charge in [0.15, 0.2) is 11.5 Å². The number of rotatable bonds is 7. The molecular weight excluding hydrogens is 446 g/mol. The van der Waals surface area contributed by atoms with Gasteiger partial charge >= 0.3 is 0 Å². The Balaban J connectivity index is 1.45. The third kappa shape index (κ3) is 4.56. The first kappa shape index (κ1) is 22.5. The van der Waals surface area contributed by atoms with E-state index in [1.54, 1.807) is 30.3 Å². The number of aromatic nitrogens is 1. The summed E-state index contributed by atoms with van der Waals surface area (Å²) in [5, 5.41) is 14.0. The molecule has 1 atom stereocenters. The highest BCUT2D eigenvalue weighted by Crippen LogP contribution is 2.38. The molecule has 3 aromatic carbocycles. The number of carbonyl (C=O) groups is 2. The molecule has 8 heteroatoms. The zero-order valence-corrected chi connectivity index (χ0v) is 18.9. The Kier molecular flexibility index (Phi) is 6.12. The fraction of sp³-hybridized carbons (Fsp3) is 0.185. The highest BCUT2D eigenvalue weighted by atomic mass is 16.6. The van der Waals surface area contributed by atoms with Crippen molar-refractivity contribution < 1.29 is 24.2 Å².